The van der Waals surface area contributed by atoms with Crippen molar-refractivity contribution in [3.63, 3.8) is 0 Å². The van der Waals surface area contributed by atoms with Crippen molar-refractivity contribution in [2.75, 3.05) is 0 Å². The minimum atomic E-state index is -0.256. The number of carbonyl (C=O) groups excluding carboxylic acids is 1. The molecule has 0 radical (unpaired) electrons. The Labute approximate surface area is 109 Å². The summed E-state index contributed by atoms with van der Waals surface area (Å²) < 4.78 is 0. The lowest BCUT2D eigenvalue weighted by molar-refractivity contribution is 0.256. The highest BCUT2D eigenvalue weighted by Gasteiger charge is 2.38. The molecule has 1 fully saturated rings. The first kappa shape index (κ1) is 13.0. The summed E-state index contributed by atoms with van der Waals surface area (Å²) in [5.74, 6) is 0.644. The van der Waals surface area contributed by atoms with E-state index < -0.39 is 0 Å². The molecule has 1 aliphatic carbocycles. The predicted octanol–water partition coefficient (Wildman–Crippen LogP) is 4.31. The molecule has 2 heteroatoms. The maximum atomic E-state index is 10.6. The molecule has 1 aliphatic rings. The zero-order valence-electron chi connectivity index (χ0n) is 11.3. The van der Waals surface area contributed by atoms with E-state index in [1.807, 2.05) is 0 Å². The van der Waals surface area contributed by atoms with Crippen molar-refractivity contribution in [3.8, 4) is 0 Å². The molecule has 0 heterocycles. The van der Waals surface area contributed by atoms with Gasteiger partial charge in [-0.3, -0.25) is 0 Å². The molecule has 2 nitrogen and oxygen atoms in total. The van der Waals surface area contributed by atoms with Gasteiger partial charge in [-0.2, -0.15) is 4.99 Å². The lowest BCUT2D eigenvalue weighted by Gasteiger charge is -2.37. The smallest absolute Gasteiger partial charge is 0.211 e. The van der Waals surface area contributed by atoms with Crippen molar-refractivity contribution in [3.05, 3.63) is 35.4 Å². The first-order valence-electron chi connectivity index (χ1n) is 6.95. The molecule has 0 amide bonds. The minimum absolute atomic E-state index is 0.256. The molecule has 0 N–H and O–H groups in total. The first-order valence-corrected chi connectivity index (χ1v) is 6.95. The lowest BCUT2D eigenvalue weighted by Crippen LogP contribution is -2.31. The van der Waals surface area contributed by atoms with Crippen LogP contribution in [0.15, 0.2) is 29.3 Å². The Morgan fingerprint density at radius 3 is 2.22 bits per heavy atom. The van der Waals surface area contributed by atoms with Gasteiger partial charge in [0.05, 0.1) is 5.54 Å². The Balaban J connectivity index is 2.24. The standard InChI is InChI=1S/C16H21NO/c1-3-13(4-2)14-6-8-15(9-7-14)16(17-12-18)10-5-11-16/h6-9,13H,3-5,10-11H2,1-2H3. The van der Waals surface area contributed by atoms with Gasteiger partial charge in [0.15, 0.2) is 0 Å². The van der Waals surface area contributed by atoms with Crippen molar-refractivity contribution in [2.45, 2.75) is 57.4 Å². The van der Waals surface area contributed by atoms with Crippen LogP contribution in [0.2, 0.25) is 0 Å². The van der Waals surface area contributed by atoms with Crippen LogP contribution in [0.5, 0.6) is 0 Å². The molecule has 0 bridgehead atoms. The van der Waals surface area contributed by atoms with Crippen molar-refractivity contribution in [1.29, 1.82) is 0 Å². The fourth-order valence-electron chi connectivity index (χ4n) is 2.89. The molecular weight excluding hydrogens is 222 g/mol. The van der Waals surface area contributed by atoms with Crippen LogP contribution >= 0.6 is 0 Å². The Morgan fingerprint density at radius 2 is 1.83 bits per heavy atom. The van der Waals surface area contributed by atoms with E-state index in [2.05, 4.69) is 43.1 Å². The second-order valence-corrected chi connectivity index (χ2v) is 5.22. The third kappa shape index (κ3) is 2.26. The average molecular weight is 243 g/mol. The van der Waals surface area contributed by atoms with Gasteiger partial charge in [0.2, 0.25) is 6.08 Å². The Hall–Kier alpha value is -1.40. The van der Waals surface area contributed by atoms with Crippen LogP contribution in [-0.2, 0) is 10.3 Å². The minimum Gasteiger partial charge on any atom is -0.211 e. The molecule has 1 saturated carbocycles. The maximum Gasteiger partial charge on any atom is 0.235 e. The topological polar surface area (TPSA) is 29.4 Å². The summed E-state index contributed by atoms with van der Waals surface area (Å²) >= 11 is 0. The van der Waals surface area contributed by atoms with Gasteiger partial charge < -0.3 is 0 Å². The highest BCUT2D eigenvalue weighted by atomic mass is 16.1. The molecule has 18 heavy (non-hydrogen) atoms. The van der Waals surface area contributed by atoms with E-state index in [-0.39, 0.29) is 5.54 Å². The van der Waals surface area contributed by atoms with Gasteiger partial charge in [-0.15, -0.1) is 0 Å². The summed E-state index contributed by atoms with van der Waals surface area (Å²) in [7, 11) is 0. The largest absolute Gasteiger partial charge is 0.235 e. The number of nitrogens with zero attached hydrogens (tertiary/aromatic N) is 1. The number of isocyanates is 1. The lowest BCUT2D eigenvalue weighted by atomic mass is 9.72. The van der Waals surface area contributed by atoms with Gasteiger partial charge in [-0.05, 0) is 49.1 Å². The van der Waals surface area contributed by atoms with Gasteiger partial charge in [-0.1, -0.05) is 38.1 Å². The van der Waals surface area contributed by atoms with Crippen LogP contribution in [0.25, 0.3) is 0 Å². The normalized spacial score (nSPS) is 17.1. The molecule has 96 valence electrons. The van der Waals surface area contributed by atoms with Crippen LogP contribution < -0.4 is 0 Å². The van der Waals surface area contributed by atoms with Gasteiger partial charge in [0, 0.05) is 0 Å². The SMILES string of the molecule is CCC(CC)c1ccc(C2(N=C=O)CCC2)cc1. The zero-order valence-corrected chi connectivity index (χ0v) is 11.3. The Morgan fingerprint density at radius 1 is 1.22 bits per heavy atom. The summed E-state index contributed by atoms with van der Waals surface area (Å²) in [6, 6.07) is 8.70. The third-order valence-corrected chi connectivity index (χ3v) is 4.35. The third-order valence-electron chi connectivity index (χ3n) is 4.35. The number of hydrogen-bond acceptors (Lipinski definition) is 2. The number of benzene rings is 1. The summed E-state index contributed by atoms with van der Waals surface area (Å²) in [5.41, 5.74) is 2.31. The molecule has 0 aromatic heterocycles. The van der Waals surface area contributed by atoms with Gasteiger partial charge >= 0.3 is 0 Å². The average Bonchev–Trinajstić information content (AvgIpc) is 2.36. The van der Waals surface area contributed by atoms with Gasteiger partial charge in [0.25, 0.3) is 0 Å². The van der Waals surface area contributed by atoms with E-state index in [0.29, 0.717) is 5.92 Å². The second-order valence-electron chi connectivity index (χ2n) is 5.22. The fraction of sp³-hybridized carbons (Fsp3) is 0.562. The molecule has 2 rings (SSSR count). The van der Waals surface area contributed by atoms with Crippen LogP contribution in [0, 0.1) is 0 Å². The summed E-state index contributed by atoms with van der Waals surface area (Å²) in [6.45, 7) is 4.46. The number of hydrogen-bond donors (Lipinski definition) is 0. The molecule has 0 unspecified atom stereocenters. The molecular formula is C16H21NO. The van der Waals surface area contributed by atoms with Crippen molar-refractivity contribution < 1.29 is 4.79 Å². The van der Waals surface area contributed by atoms with Crippen LogP contribution in [0.1, 0.15) is 63.0 Å². The highest BCUT2D eigenvalue weighted by Crippen LogP contribution is 2.44. The molecule has 0 atom stereocenters. The Bertz CT molecular complexity index is 435. The molecule has 1 aromatic carbocycles. The summed E-state index contributed by atoms with van der Waals surface area (Å²) in [4.78, 5) is 14.6. The molecule has 0 saturated heterocycles. The quantitative estimate of drug-likeness (QED) is 0.560. The number of rotatable bonds is 5. The highest BCUT2D eigenvalue weighted by molar-refractivity contribution is 5.40. The van der Waals surface area contributed by atoms with E-state index in [1.54, 1.807) is 6.08 Å². The van der Waals surface area contributed by atoms with E-state index in [9.17, 15) is 4.79 Å². The molecule has 0 aliphatic heterocycles. The number of aliphatic imine (C=N–C) groups is 1. The van der Waals surface area contributed by atoms with E-state index in [4.69, 9.17) is 0 Å². The van der Waals surface area contributed by atoms with E-state index >= 15 is 0 Å². The van der Waals surface area contributed by atoms with Crippen molar-refractivity contribution >= 4 is 6.08 Å². The van der Waals surface area contributed by atoms with E-state index in [1.165, 1.54) is 24.0 Å². The second kappa shape index (κ2) is 5.49. The van der Waals surface area contributed by atoms with Crippen molar-refractivity contribution in [2.24, 2.45) is 4.99 Å². The molecule has 1 aromatic rings. The summed E-state index contributed by atoms with van der Waals surface area (Å²) in [6.07, 6.45) is 7.20. The van der Waals surface area contributed by atoms with Gasteiger partial charge in [-0.25, -0.2) is 4.79 Å². The first-order chi connectivity index (χ1) is 8.75. The Kier molecular flexibility index (Phi) is 3.98. The van der Waals surface area contributed by atoms with Crippen LogP contribution in [0.3, 0.4) is 0 Å². The van der Waals surface area contributed by atoms with Crippen LogP contribution in [-0.4, -0.2) is 6.08 Å². The van der Waals surface area contributed by atoms with E-state index in [0.717, 1.165) is 19.3 Å². The monoisotopic (exact) mass is 243 g/mol. The van der Waals surface area contributed by atoms with Gasteiger partial charge in [0.1, 0.15) is 0 Å². The maximum absolute atomic E-state index is 10.6. The zero-order chi connectivity index (χ0) is 13.0. The predicted molar refractivity (Wildman–Crippen MR) is 73.4 cm³/mol. The fourth-order valence-corrected chi connectivity index (χ4v) is 2.89. The van der Waals surface area contributed by atoms with Crippen LogP contribution in [0.4, 0.5) is 0 Å². The molecule has 0 spiro atoms. The van der Waals surface area contributed by atoms with Crippen molar-refractivity contribution in [1.82, 2.24) is 0 Å². The summed E-state index contributed by atoms with van der Waals surface area (Å²) in [5, 5.41) is 0.